The number of halogens is 1. The molecule has 0 aromatic heterocycles. The Hall–Kier alpha value is -2.24. The minimum absolute atomic E-state index is 0. The Bertz CT molecular complexity index is 805. The molecule has 2 aromatic rings. The van der Waals surface area contributed by atoms with Crippen LogP contribution in [0.25, 0.3) is 0 Å². The molecule has 6 heteroatoms. The Kier molecular flexibility index (Phi) is 9.98. The van der Waals surface area contributed by atoms with E-state index in [4.69, 9.17) is 15.2 Å². The van der Waals surface area contributed by atoms with E-state index in [0.717, 1.165) is 11.3 Å². The fourth-order valence-electron chi connectivity index (χ4n) is 3.98. The average Bonchev–Trinajstić information content (AvgIpc) is 3.02. The molecule has 3 rings (SSSR count). The van der Waals surface area contributed by atoms with Crippen molar-refractivity contribution in [2.45, 2.75) is 50.9 Å². The van der Waals surface area contributed by atoms with Gasteiger partial charge >= 0.3 is 0 Å². The molecule has 1 amide bonds. The molecule has 0 bridgehead atoms. The predicted molar refractivity (Wildman–Crippen MR) is 124 cm³/mol. The first-order valence-corrected chi connectivity index (χ1v) is 10.6. The Morgan fingerprint density at radius 1 is 1.07 bits per heavy atom. The van der Waals surface area contributed by atoms with Crippen molar-refractivity contribution in [1.82, 2.24) is 0 Å². The molecule has 0 radical (unpaired) electrons. The van der Waals surface area contributed by atoms with E-state index >= 15 is 0 Å². The van der Waals surface area contributed by atoms with Crippen LogP contribution in [0.5, 0.6) is 11.5 Å². The van der Waals surface area contributed by atoms with Crippen LogP contribution in [0.15, 0.2) is 42.5 Å². The molecule has 0 aliphatic heterocycles. The van der Waals surface area contributed by atoms with Gasteiger partial charge in [0.1, 0.15) is 6.61 Å². The van der Waals surface area contributed by atoms with Crippen molar-refractivity contribution in [3.05, 3.63) is 53.6 Å². The lowest BCUT2D eigenvalue weighted by atomic mass is 9.91. The van der Waals surface area contributed by atoms with Crippen molar-refractivity contribution in [2.75, 3.05) is 25.6 Å². The normalized spacial score (nSPS) is 14.3. The summed E-state index contributed by atoms with van der Waals surface area (Å²) in [5.41, 5.74) is 8.57. The number of ether oxygens (including phenoxy) is 2. The van der Waals surface area contributed by atoms with Crippen LogP contribution in [0.1, 0.15) is 55.6 Å². The van der Waals surface area contributed by atoms with Crippen molar-refractivity contribution in [1.29, 1.82) is 0 Å². The molecular formula is C24H33ClN2O3. The third kappa shape index (κ3) is 6.92. The van der Waals surface area contributed by atoms with E-state index in [-0.39, 0.29) is 24.7 Å². The predicted octanol–water partition coefficient (Wildman–Crippen LogP) is 5.07. The molecule has 0 atom stereocenters. The first-order chi connectivity index (χ1) is 14.2. The number of carbonyl (C=O) groups excluding carboxylic acids is 1. The summed E-state index contributed by atoms with van der Waals surface area (Å²) < 4.78 is 10.9. The highest BCUT2D eigenvalue weighted by Gasteiger charge is 2.15. The average molecular weight is 433 g/mol. The Labute approximate surface area is 185 Å². The third-order valence-corrected chi connectivity index (χ3v) is 5.47. The van der Waals surface area contributed by atoms with Gasteiger partial charge in [0.15, 0.2) is 11.5 Å². The molecule has 0 heterocycles. The molecule has 0 unspecified atom stereocenters. The van der Waals surface area contributed by atoms with Crippen LogP contribution in [0.3, 0.4) is 0 Å². The minimum atomic E-state index is -0.0410. The quantitative estimate of drug-likeness (QED) is 0.571. The number of hydrogen-bond donors (Lipinski definition) is 2. The van der Waals surface area contributed by atoms with Gasteiger partial charge in [0.25, 0.3) is 0 Å². The highest BCUT2D eigenvalue weighted by atomic mass is 35.5. The lowest BCUT2D eigenvalue weighted by Gasteiger charge is -2.16. The number of rotatable bonds is 8. The highest BCUT2D eigenvalue weighted by Crippen LogP contribution is 2.33. The van der Waals surface area contributed by atoms with Crippen molar-refractivity contribution < 1.29 is 14.3 Å². The van der Waals surface area contributed by atoms with Gasteiger partial charge in [-0.15, -0.1) is 12.4 Å². The monoisotopic (exact) mass is 432 g/mol. The molecule has 0 spiro atoms. The summed E-state index contributed by atoms with van der Waals surface area (Å²) in [4.78, 5) is 12.6. The minimum Gasteiger partial charge on any atom is -0.493 e. The topological polar surface area (TPSA) is 73.6 Å². The molecule has 2 aromatic carbocycles. The number of hydrogen-bond acceptors (Lipinski definition) is 4. The van der Waals surface area contributed by atoms with Crippen LogP contribution in [0.4, 0.5) is 5.69 Å². The number of benzene rings is 2. The summed E-state index contributed by atoms with van der Waals surface area (Å²) in [5, 5.41) is 3.04. The number of nitrogens with one attached hydrogen (secondary N) is 1. The molecule has 1 fully saturated rings. The maximum Gasteiger partial charge on any atom is 0.228 e. The molecule has 30 heavy (non-hydrogen) atoms. The molecule has 0 saturated heterocycles. The first-order valence-electron chi connectivity index (χ1n) is 10.6. The van der Waals surface area contributed by atoms with Gasteiger partial charge in [0, 0.05) is 12.2 Å². The lowest BCUT2D eigenvalue weighted by molar-refractivity contribution is -0.115. The zero-order chi connectivity index (χ0) is 20.5. The van der Waals surface area contributed by atoms with E-state index in [0.29, 0.717) is 30.6 Å². The van der Waals surface area contributed by atoms with Crippen molar-refractivity contribution in [3.63, 3.8) is 0 Å². The smallest absolute Gasteiger partial charge is 0.228 e. The Morgan fingerprint density at radius 2 is 1.83 bits per heavy atom. The second-order valence-electron chi connectivity index (χ2n) is 7.66. The summed E-state index contributed by atoms with van der Waals surface area (Å²) in [6.45, 7) is 0.862. The zero-order valence-corrected chi connectivity index (χ0v) is 18.5. The van der Waals surface area contributed by atoms with Crippen LogP contribution < -0.4 is 20.5 Å². The standard InChI is InChI=1S/C24H32N2O3.ClH/c1-28-23-15-18(11-12-22(23)29-14-13-25)16-24(27)26-21-10-6-9-20(17-21)19-7-4-2-3-5-8-19;/h6,9-12,15,17,19H,2-5,7-8,13-14,16,25H2,1H3,(H,26,27);1H. The van der Waals surface area contributed by atoms with Gasteiger partial charge in [-0.3, -0.25) is 4.79 Å². The summed E-state index contributed by atoms with van der Waals surface area (Å²) in [5.74, 6) is 1.82. The summed E-state index contributed by atoms with van der Waals surface area (Å²) >= 11 is 0. The SMILES string of the molecule is COc1cc(CC(=O)Nc2cccc(C3CCCCCC3)c2)ccc1OCCN.Cl. The number of methoxy groups -OCH3 is 1. The van der Waals surface area contributed by atoms with E-state index in [9.17, 15) is 4.79 Å². The zero-order valence-electron chi connectivity index (χ0n) is 17.7. The van der Waals surface area contributed by atoms with Gasteiger partial charge in [0.05, 0.1) is 13.5 Å². The van der Waals surface area contributed by atoms with E-state index in [1.165, 1.54) is 44.1 Å². The van der Waals surface area contributed by atoms with Crippen LogP contribution in [-0.2, 0) is 11.2 Å². The Morgan fingerprint density at radius 3 is 2.53 bits per heavy atom. The number of nitrogens with two attached hydrogens (primary N) is 1. The number of anilines is 1. The third-order valence-electron chi connectivity index (χ3n) is 5.47. The molecule has 1 saturated carbocycles. The van der Waals surface area contributed by atoms with Crippen LogP contribution in [-0.4, -0.2) is 26.2 Å². The summed E-state index contributed by atoms with van der Waals surface area (Å²) in [7, 11) is 1.59. The van der Waals surface area contributed by atoms with Crippen LogP contribution in [0.2, 0.25) is 0 Å². The van der Waals surface area contributed by atoms with Gasteiger partial charge in [-0.2, -0.15) is 0 Å². The van der Waals surface area contributed by atoms with Gasteiger partial charge in [-0.1, -0.05) is 43.9 Å². The lowest BCUT2D eigenvalue weighted by Crippen LogP contribution is -2.15. The molecular weight excluding hydrogens is 400 g/mol. The molecule has 1 aliphatic rings. The Balaban J connectivity index is 0.00000320. The van der Waals surface area contributed by atoms with Crippen molar-refractivity contribution in [3.8, 4) is 11.5 Å². The second-order valence-corrected chi connectivity index (χ2v) is 7.66. The number of amides is 1. The van der Waals surface area contributed by atoms with Gasteiger partial charge in [0.2, 0.25) is 5.91 Å². The first kappa shape index (κ1) is 24.0. The summed E-state index contributed by atoms with van der Waals surface area (Å²) in [6, 6.07) is 13.9. The van der Waals surface area contributed by atoms with Crippen molar-refractivity contribution in [2.24, 2.45) is 5.73 Å². The van der Waals surface area contributed by atoms with Crippen molar-refractivity contribution >= 4 is 24.0 Å². The molecule has 3 N–H and O–H groups in total. The van der Waals surface area contributed by atoms with Gasteiger partial charge < -0.3 is 20.5 Å². The fourth-order valence-corrected chi connectivity index (χ4v) is 3.98. The van der Waals surface area contributed by atoms with Crippen LogP contribution >= 0.6 is 12.4 Å². The fraction of sp³-hybridized carbons (Fsp3) is 0.458. The van der Waals surface area contributed by atoms with E-state index in [2.05, 4.69) is 17.4 Å². The number of carbonyl (C=O) groups is 1. The van der Waals surface area contributed by atoms with Gasteiger partial charge in [-0.05, 0) is 54.2 Å². The molecule has 1 aliphatic carbocycles. The highest BCUT2D eigenvalue weighted by molar-refractivity contribution is 5.92. The second kappa shape index (κ2) is 12.5. The van der Waals surface area contributed by atoms with Gasteiger partial charge in [-0.25, -0.2) is 0 Å². The van der Waals surface area contributed by atoms with E-state index in [1.807, 2.05) is 30.3 Å². The molecule has 164 valence electrons. The maximum absolute atomic E-state index is 12.6. The van der Waals surface area contributed by atoms with E-state index in [1.54, 1.807) is 7.11 Å². The van der Waals surface area contributed by atoms with Crippen LogP contribution in [0, 0.1) is 0 Å². The van der Waals surface area contributed by atoms with E-state index < -0.39 is 0 Å². The largest absolute Gasteiger partial charge is 0.493 e. The summed E-state index contributed by atoms with van der Waals surface area (Å²) in [6.07, 6.45) is 8.05. The molecule has 5 nitrogen and oxygen atoms in total. The maximum atomic E-state index is 12.6.